The van der Waals surface area contributed by atoms with E-state index in [0.717, 1.165) is 4.90 Å². The topological polar surface area (TPSA) is 61.8 Å². The van der Waals surface area contributed by atoms with E-state index in [9.17, 15) is 9.59 Å². The number of hydrazone groups is 1. The summed E-state index contributed by atoms with van der Waals surface area (Å²) in [5.74, 6) is -1.60. The van der Waals surface area contributed by atoms with Crippen molar-refractivity contribution in [3.05, 3.63) is 54.6 Å². The van der Waals surface area contributed by atoms with Crippen molar-refractivity contribution in [1.82, 2.24) is 0 Å². The van der Waals surface area contributed by atoms with E-state index in [1.54, 1.807) is 30.8 Å². The molecule has 6 heteroatoms. The van der Waals surface area contributed by atoms with Crippen LogP contribution in [0.15, 0.2) is 64.6 Å². The molecule has 1 unspecified atom stereocenters. The van der Waals surface area contributed by atoms with Gasteiger partial charge in [0, 0.05) is 10.6 Å². The number of hydrogen-bond donors (Lipinski definition) is 1. The Labute approximate surface area is 144 Å². The van der Waals surface area contributed by atoms with Gasteiger partial charge >= 0.3 is 0 Å². The molecule has 24 heavy (non-hydrogen) atoms. The number of amides is 2. The van der Waals surface area contributed by atoms with Crippen molar-refractivity contribution in [1.29, 1.82) is 0 Å². The van der Waals surface area contributed by atoms with Gasteiger partial charge in [-0.3, -0.25) is 9.59 Å². The van der Waals surface area contributed by atoms with Crippen LogP contribution >= 0.6 is 11.8 Å². The Morgan fingerprint density at radius 1 is 1.12 bits per heavy atom. The van der Waals surface area contributed by atoms with Crippen molar-refractivity contribution < 1.29 is 9.59 Å². The second-order valence-corrected chi connectivity index (χ2v) is 6.26. The minimum absolute atomic E-state index is 0.336. The second kappa shape index (κ2) is 6.88. The molecule has 0 fully saturated rings. The summed E-state index contributed by atoms with van der Waals surface area (Å²) in [6.45, 7) is 1.70. The zero-order chi connectivity index (χ0) is 17.1. The largest absolute Gasteiger partial charge is 0.325 e. The van der Waals surface area contributed by atoms with Gasteiger partial charge in [-0.1, -0.05) is 18.2 Å². The summed E-state index contributed by atoms with van der Waals surface area (Å²) in [6.07, 6.45) is 1.99. The van der Waals surface area contributed by atoms with Crippen LogP contribution in [0.1, 0.15) is 6.92 Å². The zero-order valence-electron chi connectivity index (χ0n) is 13.4. The van der Waals surface area contributed by atoms with Gasteiger partial charge in [0.15, 0.2) is 5.92 Å². The van der Waals surface area contributed by atoms with E-state index in [-0.39, 0.29) is 11.8 Å². The number of hydrogen-bond acceptors (Lipinski definition) is 4. The number of thioether (sulfide) groups is 1. The van der Waals surface area contributed by atoms with Crippen LogP contribution in [0.4, 0.5) is 11.4 Å². The van der Waals surface area contributed by atoms with E-state index < -0.39 is 5.92 Å². The zero-order valence-corrected chi connectivity index (χ0v) is 14.2. The van der Waals surface area contributed by atoms with Crippen molar-refractivity contribution in [3.63, 3.8) is 0 Å². The number of nitrogens with zero attached hydrogens (tertiary/aromatic N) is 2. The predicted octanol–water partition coefficient (Wildman–Crippen LogP) is 3.39. The molecule has 1 atom stereocenters. The summed E-state index contributed by atoms with van der Waals surface area (Å²) >= 11 is 1.63. The minimum Gasteiger partial charge on any atom is -0.325 e. The first-order chi connectivity index (χ1) is 11.6. The maximum atomic E-state index is 12.6. The first-order valence-electron chi connectivity index (χ1n) is 7.49. The summed E-state index contributed by atoms with van der Waals surface area (Å²) in [4.78, 5) is 26.2. The molecule has 2 aromatic rings. The van der Waals surface area contributed by atoms with E-state index >= 15 is 0 Å². The van der Waals surface area contributed by atoms with Crippen LogP contribution in [0.2, 0.25) is 0 Å². The van der Waals surface area contributed by atoms with Gasteiger partial charge in [-0.05, 0) is 49.6 Å². The molecule has 0 aliphatic carbocycles. The van der Waals surface area contributed by atoms with Crippen molar-refractivity contribution in [3.8, 4) is 0 Å². The third-order valence-corrected chi connectivity index (χ3v) is 4.50. The molecule has 0 bridgehead atoms. The van der Waals surface area contributed by atoms with Crippen LogP contribution < -0.4 is 10.3 Å². The lowest BCUT2D eigenvalue weighted by Crippen LogP contribution is -2.36. The van der Waals surface area contributed by atoms with Crippen LogP contribution in [0, 0.1) is 5.92 Å². The summed E-state index contributed by atoms with van der Waals surface area (Å²) in [5.41, 5.74) is 1.81. The molecule has 5 nitrogen and oxygen atoms in total. The number of para-hydroxylation sites is 1. The standard InChI is InChI=1S/C18H17N3O2S/c1-12-16(17(22)19-13-8-10-15(24-2)11-9-13)18(23)21(20-12)14-6-4-3-5-7-14/h3-11,16H,1-2H3,(H,19,22). The molecule has 0 radical (unpaired) electrons. The van der Waals surface area contributed by atoms with Crippen LogP contribution in [0.3, 0.4) is 0 Å². The van der Waals surface area contributed by atoms with E-state index in [1.165, 1.54) is 5.01 Å². The van der Waals surface area contributed by atoms with Crippen molar-refractivity contribution in [2.45, 2.75) is 11.8 Å². The molecule has 1 aliphatic heterocycles. The molecule has 3 rings (SSSR count). The first kappa shape index (κ1) is 16.3. The fourth-order valence-electron chi connectivity index (χ4n) is 2.51. The molecule has 2 amide bonds. The lowest BCUT2D eigenvalue weighted by Gasteiger charge is -2.14. The quantitative estimate of drug-likeness (QED) is 0.686. The van der Waals surface area contributed by atoms with Crippen molar-refractivity contribution >= 4 is 40.7 Å². The van der Waals surface area contributed by atoms with Crippen LogP contribution in [-0.4, -0.2) is 23.8 Å². The summed E-state index contributed by atoms with van der Waals surface area (Å²) < 4.78 is 0. The number of rotatable bonds is 4. The van der Waals surface area contributed by atoms with Gasteiger partial charge in [0.25, 0.3) is 5.91 Å². The normalized spacial score (nSPS) is 16.9. The monoisotopic (exact) mass is 339 g/mol. The summed E-state index contributed by atoms with van der Waals surface area (Å²) in [6, 6.07) is 16.6. The first-order valence-corrected chi connectivity index (χ1v) is 8.71. The van der Waals surface area contributed by atoms with Gasteiger partial charge in [0.1, 0.15) is 0 Å². The Balaban J connectivity index is 1.75. The Hall–Kier alpha value is -2.60. The number of carbonyl (C=O) groups excluding carboxylic acids is 2. The van der Waals surface area contributed by atoms with Crippen LogP contribution in [0.25, 0.3) is 0 Å². The fraction of sp³-hybridized carbons (Fsp3) is 0.167. The summed E-state index contributed by atoms with van der Waals surface area (Å²) in [5, 5.41) is 8.33. The summed E-state index contributed by atoms with van der Waals surface area (Å²) in [7, 11) is 0. The minimum atomic E-state index is -0.898. The van der Waals surface area contributed by atoms with Gasteiger partial charge in [-0.15, -0.1) is 11.8 Å². The highest BCUT2D eigenvalue weighted by Crippen LogP contribution is 2.25. The highest BCUT2D eigenvalue weighted by molar-refractivity contribution is 7.98. The number of anilines is 2. The van der Waals surface area contributed by atoms with Crippen LogP contribution in [-0.2, 0) is 9.59 Å². The van der Waals surface area contributed by atoms with Crippen molar-refractivity contribution in [2.75, 3.05) is 16.6 Å². The van der Waals surface area contributed by atoms with Gasteiger partial charge < -0.3 is 5.32 Å². The number of benzene rings is 2. The maximum absolute atomic E-state index is 12.6. The van der Waals surface area contributed by atoms with E-state index in [1.807, 2.05) is 48.7 Å². The Kier molecular flexibility index (Phi) is 4.66. The predicted molar refractivity (Wildman–Crippen MR) is 97.4 cm³/mol. The third kappa shape index (κ3) is 3.19. The molecule has 2 aromatic carbocycles. The Morgan fingerprint density at radius 3 is 2.42 bits per heavy atom. The molecule has 1 N–H and O–H groups in total. The molecule has 0 saturated carbocycles. The molecule has 0 spiro atoms. The SMILES string of the molecule is CSc1ccc(NC(=O)C2C(=O)N(c3ccccc3)N=C2C)cc1. The molecule has 1 aliphatic rings. The van der Waals surface area contributed by atoms with Crippen molar-refractivity contribution in [2.24, 2.45) is 11.0 Å². The number of nitrogens with one attached hydrogen (secondary N) is 1. The van der Waals surface area contributed by atoms with Gasteiger partial charge in [0.05, 0.1) is 11.4 Å². The lowest BCUT2D eigenvalue weighted by molar-refractivity contribution is -0.127. The maximum Gasteiger partial charge on any atom is 0.265 e. The molecular formula is C18H17N3O2S. The molecule has 0 saturated heterocycles. The van der Waals surface area contributed by atoms with Gasteiger partial charge in [0.2, 0.25) is 5.91 Å². The molecule has 1 heterocycles. The molecular weight excluding hydrogens is 322 g/mol. The highest BCUT2D eigenvalue weighted by Gasteiger charge is 2.39. The van der Waals surface area contributed by atoms with Gasteiger partial charge in [-0.2, -0.15) is 10.1 Å². The van der Waals surface area contributed by atoms with E-state index in [4.69, 9.17) is 0 Å². The lowest BCUT2D eigenvalue weighted by atomic mass is 10.0. The van der Waals surface area contributed by atoms with E-state index in [2.05, 4.69) is 10.4 Å². The Bertz CT molecular complexity index is 788. The van der Waals surface area contributed by atoms with E-state index in [0.29, 0.717) is 17.1 Å². The van der Waals surface area contributed by atoms with Gasteiger partial charge in [-0.25, -0.2) is 0 Å². The fourth-order valence-corrected chi connectivity index (χ4v) is 2.92. The molecule has 0 aromatic heterocycles. The Morgan fingerprint density at radius 2 is 1.79 bits per heavy atom. The smallest absolute Gasteiger partial charge is 0.265 e. The average molecular weight is 339 g/mol. The molecule has 122 valence electrons. The third-order valence-electron chi connectivity index (χ3n) is 3.75. The highest BCUT2D eigenvalue weighted by atomic mass is 32.2. The number of carbonyl (C=O) groups is 2. The van der Waals surface area contributed by atoms with Crippen LogP contribution in [0.5, 0.6) is 0 Å². The average Bonchev–Trinajstić information content (AvgIpc) is 2.91. The second-order valence-electron chi connectivity index (χ2n) is 5.38.